The molecule has 0 saturated heterocycles. The van der Waals surface area contributed by atoms with Crippen LogP contribution in [0.5, 0.6) is 0 Å². The number of aromatic carboxylic acids is 2. The van der Waals surface area contributed by atoms with Crippen LogP contribution in [0.15, 0.2) is 24.5 Å². The van der Waals surface area contributed by atoms with E-state index in [1.165, 1.54) is 19.6 Å². The van der Waals surface area contributed by atoms with Crippen LogP contribution in [0.3, 0.4) is 0 Å². The maximum atomic E-state index is 12.1. The summed E-state index contributed by atoms with van der Waals surface area (Å²) in [4.78, 5) is 43.0. The number of rotatable bonds is 7. The second-order valence-electron chi connectivity index (χ2n) is 5.92. The van der Waals surface area contributed by atoms with Crippen molar-refractivity contribution in [1.82, 2.24) is 9.97 Å². The van der Waals surface area contributed by atoms with E-state index in [1.807, 2.05) is 0 Å². The van der Waals surface area contributed by atoms with Crippen LogP contribution >= 0.6 is 23.2 Å². The minimum atomic E-state index is -1.56. The second kappa shape index (κ2) is 12.1. The van der Waals surface area contributed by atoms with Gasteiger partial charge in [-0.2, -0.15) is 0 Å². The molecule has 0 bridgehead atoms. The van der Waals surface area contributed by atoms with Crippen LogP contribution in [0.4, 0.5) is 5.69 Å². The van der Waals surface area contributed by atoms with Crippen molar-refractivity contribution in [1.29, 1.82) is 0 Å². The molecule has 0 spiro atoms. The summed E-state index contributed by atoms with van der Waals surface area (Å²) >= 11 is 11.6. The van der Waals surface area contributed by atoms with Gasteiger partial charge in [-0.15, -0.1) is 0 Å². The number of carbonyl (C=O) groups is 3. The van der Waals surface area contributed by atoms with Crippen molar-refractivity contribution in [2.75, 3.05) is 25.0 Å². The molecular formula is C19H22Cl2N4O5. The first kappa shape index (κ1) is 25.3. The molecule has 1 aromatic heterocycles. The monoisotopic (exact) mass is 456 g/mol. The first-order chi connectivity index (χ1) is 14.2. The Hall–Kier alpha value is -2.75. The number of quaternary nitrogens is 1. The fourth-order valence-electron chi connectivity index (χ4n) is 2.39. The Balaban J connectivity index is 0.000000553. The van der Waals surface area contributed by atoms with Gasteiger partial charge in [-0.05, 0) is 32.9 Å². The standard InChI is InChI=1S/C13H7Cl2N3O5.C6H15N/c14-6-4-7(15)8(3-5(6)12(20)21)18-11(19)9-10(13(22)23)17-2-1-16-9;1-4-7(5-2)6-3/h1-4H,(H,18,19)(H,20,21)(H,22,23);4-6H2,1-3H3. The highest BCUT2D eigenvalue weighted by Crippen LogP contribution is 2.29. The SMILES string of the molecule is CC[NH+](CC)CC.O=C([O-])c1cc(NC(=O)c2nccnc2C(=O)O)c(Cl)cc1Cl. The van der Waals surface area contributed by atoms with Gasteiger partial charge in [0.15, 0.2) is 11.4 Å². The Labute approximate surface area is 183 Å². The van der Waals surface area contributed by atoms with E-state index in [1.54, 1.807) is 4.90 Å². The van der Waals surface area contributed by atoms with Crippen LogP contribution in [0.25, 0.3) is 0 Å². The fraction of sp³-hybridized carbons (Fsp3) is 0.316. The quantitative estimate of drug-likeness (QED) is 0.565. The average molecular weight is 457 g/mol. The predicted octanol–water partition coefficient (Wildman–Crippen LogP) is 1.03. The molecule has 1 heterocycles. The minimum absolute atomic E-state index is 0.0471. The normalized spacial score (nSPS) is 10.2. The molecule has 0 saturated carbocycles. The van der Waals surface area contributed by atoms with Crippen LogP contribution in [-0.2, 0) is 0 Å². The Kier molecular flexibility index (Phi) is 10.2. The summed E-state index contributed by atoms with van der Waals surface area (Å²) in [7, 11) is 0. The first-order valence-corrected chi connectivity index (χ1v) is 9.81. The fourth-order valence-corrected chi connectivity index (χ4v) is 2.90. The number of carboxylic acids is 2. The third kappa shape index (κ3) is 6.94. The molecule has 1 amide bonds. The van der Waals surface area contributed by atoms with E-state index in [2.05, 4.69) is 36.1 Å². The Bertz CT molecular complexity index is 914. The van der Waals surface area contributed by atoms with Gasteiger partial charge in [0.25, 0.3) is 5.91 Å². The zero-order valence-electron chi connectivity index (χ0n) is 16.7. The summed E-state index contributed by atoms with van der Waals surface area (Å²) < 4.78 is 0. The van der Waals surface area contributed by atoms with Gasteiger partial charge in [-0.1, -0.05) is 23.2 Å². The molecule has 2 rings (SSSR count). The molecule has 1 aromatic carbocycles. The highest BCUT2D eigenvalue weighted by Gasteiger charge is 2.20. The molecule has 0 aliphatic carbocycles. The molecule has 0 unspecified atom stereocenters. The summed E-state index contributed by atoms with van der Waals surface area (Å²) in [6, 6.07) is 2.10. The zero-order valence-corrected chi connectivity index (χ0v) is 18.2. The van der Waals surface area contributed by atoms with Gasteiger partial charge < -0.3 is 25.2 Å². The van der Waals surface area contributed by atoms with Gasteiger partial charge in [0.1, 0.15) is 0 Å². The van der Waals surface area contributed by atoms with E-state index in [0.29, 0.717) is 0 Å². The van der Waals surface area contributed by atoms with Crippen molar-refractivity contribution in [3.8, 4) is 0 Å². The number of nitrogens with zero attached hydrogens (tertiary/aromatic N) is 2. The highest BCUT2D eigenvalue weighted by atomic mass is 35.5. The topological polar surface area (TPSA) is 137 Å². The average Bonchev–Trinajstić information content (AvgIpc) is 2.71. The number of halogens is 2. The van der Waals surface area contributed by atoms with Crippen molar-refractivity contribution >= 4 is 46.7 Å². The van der Waals surface area contributed by atoms with E-state index in [4.69, 9.17) is 28.3 Å². The Morgan fingerprint density at radius 3 is 1.97 bits per heavy atom. The van der Waals surface area contributed by atoms with Gasteiger partial charge in [0.2, 0.25) is 0 Å². The summed E-state index contributed by atoms with van der Waals surface area (Å²) in [6.45, 7) is 10.5. The summed E-state index contributed by atoms with van der Waals surface area (Å²) in [5.41, 5.74) is -1.50. The first-order valence-electron chi connectivity index (χ1n) is 9.05. The van der Waals surface area contributed by atoms with Crippen molar-refractivity contribution in [3.63, 3.8) is 0 Å². The lowest BCUT2D eigenvalue weighted by Gasteiger charge is -2.12. The van der Waals surface area contributed by atoms with Crippen molar-refractivity contribution < 1.29 is 29.5 Å². The lowest BCUT2D eigenvalue weighted by atomic mass is 10.2. The van der Waals surface area contributed by atoms with Crippen molar-refractivity contribution in [3.05, 3.63) is 51.5 Å². The number of carboxylic acid groups (broad SMARTS) is 2. The zero-order chi connectivity index (χ0) is 22.8. The van der Waals surface area contributed by atoms with E-state index in [0.717, 1.165) is 24.5 Å². The number of nitrogens with one attached hydrogen (secondary N) is 2. The Morgan fingerprint density at radius 2 is 1.53 bits per heavy atom. The number of anilines is 1. The van der Waals surface area contributed by atoms with Gasteiger partial charge in [0, 0.05) is 18.0 Å². The highest BCUT2D eigenvalue weighted by molar-refractivity contribution is 6.38. The maximum Gasteiger partial charge on any atom is 0.356 e. The second-order valence-corrected chi connectivity index (χ2v) is 6.74. The molecule has 0 radical (unpaired) electrons. The lowest BCUT2D eigenvalue weighted by Crippen LogP contribution is -3.11. The number of carbonyl (C=O) groups excluding carboxylic acids is 2. The molecule has 11 heteroatoms. The number of hydrogen-bond donors (Lipinski definition) is 3. The summed E-state index contributed by atoms with van der Waals surface area (Å²) in [5.74, 6) is -3.93. The number of hydrogen-bond acceptors (Lipinski definition) is 6. The molecule has 0 aliphatic rings. The molecule has 9 nitrogen and oxygen atoms in total. The van der Waals surface area contributed by atoms with Gasteiger partial charge in [-0.25, -0.2) is 14.8 Å². The molecular weight excluding hydrogens is 435 g/mol. The van der Waals surface area contributed by atoms with Gasteiger partial charge in [-0.3, -0.25) is 4.79 Å². The van der Waals surface area contributed by atoms with E-state index in [-0.39, 0.29) is 21.3 Å². The van der Waals surface area contributed by atoms with Crippen molar-refractivity contribution in [2.45, 2.75) is 20.8 Å². The van der Waals surface area contributed by atoms with Crippen LogP contribution < -0.4 is 15.3 Å². The Morgan fingerprint density at radius 1 is 1.00 bits per heavy atom. The number of benzene rings is 1. The molecule has 0 aliphatic heterocycles. The maximum absolute atomic E-state index is 12.1. The third-order valence-corrected chi connectivity index (χ3v) is 4.77. The van der Waals surface area contributed by atoms with Crippen LogP contribution in [0.1, 0.15) is 52.1 Å². The van der Waals surface area contributed by atoms with Crippen LogP contribution in [0.2, 0.25) is 10.0 Å². The molecule has 3 N–H and O–H groups in total. The van der Waals surface area contributed by atoms with E-state index < -0.39 is 29.2 Å². The van der Waals surface area contributed by atoms with Crippen molar-refractivity contribution in [2.24, 2.45) is 0 Å². The summed E-state index contributed by atoms with van der Waals surface area (Å²) in [6.07, 6.45) is 2.25. The number of amides is 1. The van der Waals surface area contributed by atoms with E-state index >= 15 is 0 Å². The largest absolute Gasteiger partial charge is 0.545 e. The van der Waals surface area contributed by atoms with Crippen LogP contribution in [-0.4, -0.2) is 52.6 Å². The molecule has 2 aromatic rings. The minimum Gasteiger partial charge on any atom is -0.545 e. The molecule has 162 valence electrons. The summed E-state index contributed by atoms with van der Waals surface area (Å²) in [5, 5.41) is 22.0. The predicted molar refractivity (Wildman–Crippen MR) is 110 cm³/mol. The third-order valence-electron chi connectivity index (χ3n) is 4.14. The molecule has 30 heavy (non-hydrogen) atoms. The van der Waals surface area contributed by atoms with Gasteiger partial charge >= 0.3 is 5.97 Å². The van der Waals surface area contributed by atoms with Gasteiger partial charge in [0.05, 0.1) is 41.3 Å². The van der Waals surface area contributed by atoms with Crippen LogP contribution in [0, 0.1) is 0 Å². The lowest BCUT2D eigenvalue weighted by molar-refractivity contribution is -0.894. The molecule has 0 fully saturated rings. The number of aromatic nitrogens is 2. The van der Waals surface area contributed by atoms with E-state index in [9.17, 15) is 19.5 Å². The smallest absolute Gasteiger partial charge is 0.356 e. The molecule has 0 atom stereocenters.